The number of esters is 1. The van der Waals surface area contributed by atoms with Gasteiger partial charge in [-0.15, -0.1) is 11.3 Å². The number of hydrogen-bond acceptors (Lipinski definition) is 6. The van der Waals surface area contributed by atoms with Gasteiger partial charge in [0.2, 0.25) is 5.91 Å². The number of thiazole rings is 1. The molecule has 156 valence electrons. The van der Waals surface area contributed by atoms with E-state index < -0.39 is 6.04 Å². The smallest absolute Gasteiger partial charge is 0.328 e. The summed E-state index contributed by atoms with van der Waals surface area (Å²) in [5.41, 5.74) is 1.08. The Labute approximate surface area is 175 Å². The van der Waals surface area contributed by atoms with Crippen LogP contribution in [0.25, 0.3) is 10.2 Å². The molecule has 2 aliphatic heterocycles. The van der Waals surface area contributed by atoms with Crippen molar-refractivity contribution >= 4 is 33.4 Å². The van der Waals surface area contributed by atoms with Gasteiger partial charge in [0.15, 0.2) is 0 Å². The number of carbonyl (C=O) groups excluding carboxylic acids is 2. The van der Waals surface area contributed by atoms with E-state index in [0.29, 0.717) is 32.0 Å². The number of benzene rings is 1. The molecule has 2 aromatic rings. The Morgan fingerprint density at radius 2 is 1.93 bits per heavy atom. The third kappa shape index (κ3) is 4.61. The van der Waals surface area contributed by atoms with Crippen molar-refractivity contribution in [1.82, 2.24) is 14.8 Å². The second-order valence-corrected chi connectivity index (χ2v) is 8.98. The first-order valence-electron chi connectivity index (χ1n) is 10.7. The van der Waals surface area contributed by atoms with Gasteiger partial charge in [0, 0.05) is 12.5 Å². The fraction of sp³-hybridized carbons (Fsp3) is 0.591. The number of para-hydroxylation sites is 1. The Hall–Kier alpha value is -1.99. The summed E-state index contributed by atoms with van der Waals surface area (Å²) < 4.78 is 6.43. The molecule has 7 heteroatoms. The highest BCUT2D eigenvalue weighted by Gasteiger charge is 2.34. The normalized spacial score (nSPS) is 21.4. The lowest BCUT2D eigenvalue weighted by atomic mass is 9.97. The summed E-state index contributed by atoms with van der Waals surface area (Å²) in [7, 11) is 0. The van der Waals surface area contributed by atoms with Crippen molar-refractivity contribution in [2.45, 2.75) is 51.0 Å². The number of aromatic nitrogens is 1. The van der Waals surface area contributed by atoms with Crippen molar-refractivity contribution in [2.75, 3.05) is 32.8 Å². The van der Waals surface area contributed by atoms with Crippen LogP contribution in [0, 0.1) is 0 Å². The van der Waals surface area contributed by atoms with Crippen molar-refractivity contribution in [3.8, 4) is 0 Å². The van der Waals surface area contributed by atoms with Crippen molar-refractivity contribution in [3.63, 3.8) is 0 Å². The molecular weight excluding hydrogens is 386 g/mol. The number of fused-ring (bicyclic) bond motifs is 1. The van der Waals surface area contributed by atoms with Gasteiger partial charge in [0.25, 0.3) is 0 Å². The lowest BCUT2D eigenvalue weighted by molar-refractivity contribution is -0.157. The van der Waals surface area contributed by atoms with Crippen molar-refractivity contribution < 1.29 is 14.3 Å². The van der Waals surface area contributed by atoms with E-state index in [-0.39, 0.29) is 11.9 Å². The summed E-state index contributed by atoms with van der Waals surface area (Å²) in [5, 5.41) is 1.22. The number of nitrogens with zero attached hydrogens (tertiary/aromatic N) is 3. The van der Waals surface area contributed by atoms with Crippen LogP contribution in [0.3, 0.4) is 0 Å². The molecule has 1 amide bonds. The Morgan fingerprint density at radius 1 is 1.14 bits per heavy atom. The minimum Gasteiger partial charge on any atom is -0.464 e. The molecule has 0 N–H and O–H groups in total. The summed E-state index contributed by atoms with van der Waals surface area (Å²) in [6.45, 7) is 5.00. The van der Waals surface area contributed by atoms with Crippen LogP contribution in [0.15, 0.2) is 24.3 Å². The van der Waals surface area contributed by atoms with E-state index in [0.717, 1.165) is 44.3 Å². The second kappa shape index (κ2) is 9.22. The maximum Gasteiger partial charge on any atom is 0.328 e. The Balaban J connectivity index is 1.32. The van der Waals surface area contributed by atoms with Crippen molar-refractivity contribution in [2.24, 2.45) is 0 Å². The predicted molar refractivity (Wildman–Crippen MR) is 114 cm³/mol. The van der Waals surface area contributed by atoms with Gasteiger partial charge < -0.3 is 9.64 Å². The van der Waals surface area contributed by atoms with E-state index in [1.807, 2.05) is 13.0 Å². The second-order valence-electron chi connectivity index (χ2n) is 7.92. The van der Waals surface area contributed by atoms with Crippen LogP contribution in [0.5, 0.6) is 0 Å². The molecule has 0 spiro atoms. The van der Waals surface area contributed by atoms with Crippen LogP contribution in [-0.4, -0.2) is 65.5 Å². The van der Waals surface area contributed by atoms with Crippen molar-refractivity contribution in [3.05, 3.63) is 29.3 Å². The van der Waals surface area contributed by atoms with Gasteiger partial charge >= 0.3 is 5.97 Å². The highest BCUT2D eigenvalue weighted by Crippen LogP contribution is 2.33. The lowest BCUT2D eigenvalue weighted by Crippen LogP contribution is -2.52. The van der Waals surface area contributed by atoms with E-state index in [1.54, 1.807) is 16.2 Å². The standard InChI is InChI=1S/C22H29N3O3S/c1-2-28-22(27)18-8-5-6-12-25(18)20(26)15-24-13-10-16(11-14-24)21-23-17-7-3-4-9-19(17)29-21/h3-4,7,9,16,18H,2,5-6,8,10-15H2,1H3/t18-/m1/s1. The summed E-state index contributed by atoms with van der Waals surface area (Å²) in [4.78, 5) is 34.0. The van der Waals surface area contributed by atoms with Crippen LogP contribution < -0.4 is 0 Å². The minimum absolute atomic E-state index is 0.0567. The average molecular weight is 416 g/mol. The van der Waals surface area contributed by atoms with Crippen LogP contribution in [-0.2, 0) is 14.3 Å². The maximum absolute atomic E-state index is 12.9. The van der Waals surface area contributed by atoms with Gasteiger partial charge in [-0.1, -0.05) is 12.1 Å². The first-order valence-corrected chi connectivity index (χ1v) is 11.5. The molecular formula is C22H29N3O3S. The largest absolute Gasteiger partial charge is 0.464 e. The zero-order valence-electron chi connectivity index (χ0n) is 17.0. The predicted octanol–water partition coefficient (Wildman–Crippen LogP) is 3.42. The third-order valence-corrected chi connectivity index (χ3v) is 7.19. The zero-order chi connectivity index (χ0) is 20.2. The van der Waals surface area contributed by atoms with Gasteiger partial charge in [-0.3, -0.25) is 9.69 Å². The minimum atomic E-state index is -0.406. The van der Waals surface area contributed by atoms with Gasteiger partial charge in [-0.25, -0.2) is 9.78 Å². The molecule has 0 saturated carbocycles. The Bertz CT molecular complexity index is 827. The van der Waals surface area contributed by atoms with E-state index in [9.17, 15) is 9.59 Å². The summed E-state index contributed by atoms with van der Waals surface area (Å²) in [6, 6.07) is 7.88. The summed E-state index contributed by atoms with van der Waals surface area (Å²) >= 11 is 1.79. The molecule has 1 aromatic heterocycles. The third-order valence-electron chi connectivity index (χ3n) is 5.99. The number of amides is 1. The van der Waals surface area contributed by atoms with Crippen molar-refractivity contribution in [1.29, 1.82) is 0 Å². The van der Waals surface area contributed by atoms with Crippen LogP contribution >= 0.6 is 11.3 Å². The molecule has 1 aromatic carbocycles. The van der Waals surface area contributed by atoms with E-state index in [1.165, 1.54) is 9.71 Å². The zero-order valence-corrected chi connectivity index (χ0v) is 17.8. The number of rotatable bonds is 5. The topological polar surface area (TPSA) is 62.7 Å². The molecule has 4 rings (SSSR count). The van der Waals surface area contributed by atoms with Crippen LogP contribution in [0.1, 0.15) is 50.0 Å². The van der Waals surface area contributed by atoms with Crippen LogP contribution in [0.2, 0.25) is 0 Å². The number of hydrogen-bond donors (Lipinski definition) is 0. The lowest BCUT2D eigenvalue weighted by Gasteiger charge is -2.37. The fourth-order valence-electron chi connectivity index (χ4n) is 4.40. The molecule has 1 atom stereocenters. The first kappa shape index (κ1) is 20.3. The molecule has 2 aliphatic rings. The molecule has 29 heavy (non-hydrogen) atoms. The van der Waals surface area contributed by atoms with E-state index in [4.69, 9.17) is 9.72 Å². The molecule has 0 unspecified atom stereocenters. The fourth-order valence-corrected chi connectivity index (χ4v) is 5.53. The Kier molecular flexibility index (Phi) is 6.45. The highest BCUT2D eigenvalue weighted by molar-refractivity contribution is 7.18. The number of likely N-dealkylation sites (tertiary alicyclic amines) is 2. The molecule has 3 heterocycles. The molecule has 2 saturated heterocycles. The average Bonchev–Trinajstić information content (AvgIpc) is 3.19. The monoisotopic (exact) mass is 415 g/mol. The van der Waals surface area contributed by atoms with E-state index >= 15 is 0 Å². The molecule has 2 fully saturated rings. The first-order chi connectivity index (χ1) is 14.2. The Morgan fingerprint density at radius 3 is 2.69 bits per heavy atom. The summed E-state index contributed by atoms with van der Waals surface area (Å²) in [6.07, 6.45) is 4.69. The quantitative estimate of drug-likeness (QED) is 0.700. The molecule has 6 nitrogen and oxygen atoms in total. The summed E-state index contributed by atoms with van der Waals surface area (Å²) in [5.74, 6) is 0.275. The number of piperidine rings is 2. The van der Waals surface area contributed by atoms with Crippen LogP contribution in [0.4, 0.5) is 0 Å². The van der Waals surface area contributed by atoms with Gasteiger partial charge in [-0.2, -0.15) is 0 Å². The van der Waals surface area contributed by atoms with Gasteiger partial charge in [0.05, 0.1) is 28.4 Å². The van der Waals surface area contributed by atoms with Gasteiger partial charge in [0.1, 0.15) is 6.04 Å². The molecule has 0 bridgehead atoms. The highest BCUT2D eigenvalue weighted by atomic mass is 32.1. The number of carbonyl (C=O) groups is 2. The SMILES string of the molecule is CCOC(=O)[C@H]1CCCCN1C(=O)CN1CCC(c2nc3ccccc3s2)CC1. The van der Waals surface area contributed by atoms with Gasteiger partial charge in [-0.05, 0) is 64.3 Å². The maximum atomic E-state index is 12.9. The molecule has 0 radical (unpaired) electrons. The molecule has 0 aliphatic carbocycles. The van der Waals surface area contributed by atoms with E-state index in [2.05, 4.69) is 23.1 Å². The number of ether oxygens (including phenoxy) is 1.